The van der Waals surface area contributed by atoms with Gasteiger partial charge in [-0.2, -0.15) is 5.10 Å². The molecule has 0 aromatic carbocycles. The van der Waals surface area contributed by atoms with E-state index in [1.54, 1.807) is 23.9 Å². The van der Waals surface area contributed by atoms with Crippen molar-refractivity contribution in [3.05, 3.63) is 17.0 Å². The molecule has 1 aromatic rings. The Morgan fingerprint density at radius 3 is 2.54 bits per heavy atom. The molecule has 1 saturated heterocycles. The van der Waals surface area contributed by atoms with E-state index in [9.17, 15) is 9.59 Å². The molecule has 1 aliphatic rings. The number of aromatic nitrogens is 2. The number of hydrogen-bond acceptors (Lipinski definition) is 3. The summed E-state index contributed by atoms with van der Waals surface area (Å²) in [6.45, 7) is 9.82. The molecule has 6 nitrogen and oxygen atoms in total. The van der Waals surface area contributed by atoms with Crippen molar-refractivity contribution in [1.82, 2.24) is 19.6 Å². The van der Waals surface area contributed by atoms with E-state index in [0.29, 0.717) is 18.9 Å². The number of rotatable bonds is 5. The minimum absolute atomic E-state index is 0.0183. The van der Waals surface area contributed by atoms with Crippen LogP contribution in [0.15, 0.2) is 0 Å². The Kier molecular flexibility index (Phi) is 5.67. The molecule has 1 unspecified atom stereocenters. The predicted molar refractivity (Wildman–Crippen MR) is 93.7 cm³/mol. The van der Waals surface area contributed by atoms with Crippen molar-refractivity contribution < 1.29 is 9.59 Å². The summed E-state index contributed by atoms with van der Waals surface area (Å²) in [6, 6.07) is -0.307. The Hall–Kier alpha value is -1.85. The lowest BCUT2D eigenvalue weighted by Crippen LogP contribution is -2.46. The van der Waals surface area contributed by atoms with Gasteiger partial charge in [0.25, 0.3) is 0 Å². The van der Waals surface area contributed by atoms with Crippen LogP contribution in [0.5, 0.6) is 0 Å². The molecule has 1 atom stereocenters. The van der Waals surface area contributed by atoms with Gasteiger partial charge in [-0.05, 0) is 32.6 Å². The minimum atomic E-state index is -0.307. The van der Waals surface area contributed by atoms with Gasteiger partial charge in [-0.25, -0.2) is 0 Å². The van der Waals surface area contributed by atoms with E-state index in [0.717, 1.165) is 36.3 Å². The lowest BCUT2D eigenvalue weighted by molar-refractivity contribution is -0.141. The minimum Gasteiger partial charge on any atom is -0.347 e. The van der Waals surface area contributed by atoms with Crippen molar-refractivity contribution in [2.24, 2.45) is 5.92 Å². The van der Waals surface area contributed by atoms with Crippen LogP contribution in [0.2, 0.25) is 0 Å². The van der Waals surface area contributed by atoms with Crippen LogP contribution < -0.4 is 0 Å². The standard InChI is InChI=1S/C18H30N4O2/c1-12(2)11-22-14(4)15(13(3)19-22)10-17(23)21-9-7-8-16(21)18(24)20(5)6/h12,16H,7-11H2,1-6H3. The summed E-state index contributed by atoms with van der Waals surface area (Å²) >= 11 is 0. The zero-order chi connectivity index (χ0) is 18.0. The van der Waals surface area contributed by atoms with E-state index in [-0.39, 0.29) is 17.9 Å². The van der Waals surface area contributed by atoms with Gasteiger partial charge in [-0.15, -0.1) is 0 Å². The summed E-state index contributed by atoms with van der Waals surface area (Å²) in [4.78, 5) is 28.4. The van der Waals surface area contributed by atoms with Gasteiger partial charge < -0.3 is 9.80 Å². The van der Waals surface area contributed by atoms with Crippen molar-refractivity contribution in [3.63, 3.8) is 0 Å². The first-order valence-corrected chi connectivity index (χ1v) is 8.75. The second kappa shape index (κ2) is 7.36. The molecule has 134 valence electrons. The quantitative estimate of drug-likeness (QED) is 0.825. The first-order valence-electron chi connectivity index (χ1n) is 8.75. The molecular formula is C18H30N4O2. The van der Waals surface area contributed by atoms with Gasteiger partial charge in [-0.1, -0.05) is 13.8 Å². The highest BCUT2D eigenvalue weighted by molar-refractivity contribution is 5.89. The van der Waals surface area contributed by atoms with Crippen LogP contribution in [0.3, 0.4) is 0 Å². The second-order valence-electron chi connectivity index (χ2n) is 7.38. The normalized spacial score (nSPS) is 17.6. The highest BCUT2D eigenvalue weighted by Gasteiger charge is 2.35. The molecule has 0 bridgehead atoms. The summed E-state index contributed by atoms with van der Waals surface area (Å²) in [5.74, 6) is 0.556. The van der Waals surface area contributed by atoms with Crippen molar-refractivity contribution in [3.8, 4) is 0 Å². The number of likely N-dealkylation sites (tertiary alicyclic amines) is 1. The number of nitrogens with zero attached hydrogens (tertiary/aromatic N) is 4. The monoisotopic (exact) mass is 334 g/mol. The number of aryl methyl sites for hydroxylation is 1. The van der Waals surface area contributed by atoms with E-state index >= 15 is 0 Å². The van der Waals surface area contributed by atoms with Crippen LogP contribution in [0.1, 0.15) is 43.6 Å². The van der Waals surface area contributed by atoms with Crippen LogP contribution in [0.25, 0.3) is 0 Å². The molecule has 2 rings (SSSR count). The Morgan fingerprint density at radius 1 is 1.29 bits per heavy atom. The van der Waals surface area contributed by atoms with Gasteiger partial charge in [0, 0.05) is 38.4 Å². The van der Waals surface area contributed by atoms with Crippen molar-refractivity contribution >= 4 is 11.8 Å². The highest BCUT2D eigenvalue weighted by Crippen LogP contribution is 2.22. The van der Waals surface area contributed by atoms with Crippen molar-refractivity contribution in [2.75, 3.05) is 20.6 Å². The van der Waals surface area contributed by atoms with Crippen molar-refractivity contribution in [2.45, 2.75) is 59.5 Å². The van der Waals surface area contributed by atoms with E-state index < -0.39 is 0 Å². The summed E-state index contributed by atoms with van der Waals surface area (Å²) in [7, 11) is 3.49. The summed E-state index contributed by atoms with van der Waals surface area (Å²) in [6.07, 6.45) is 1.97. The van der Waals surface area contributed by atoms with Crippen LogP contribution in [0.4, 0.5) is 0 Å². The molecule has 1 fully saturated rings. The maximum absolute atomic E-state index is 12.8. The van der Waals surface area contributed by atoms with Gasteiger partial charge in [0.1, 0.15) is 6.04 Å². The third-order valence-corrected chi connectivity index (χ3v) is 4.70. The van der Waals surface area contributed by atoms with E-state index in [1.807, 2.05) is 18.5 Å². The Labute approximate surface area is 144 Å². The number of carbonyl (C=O) groups excluding carboxylic acids is 2. The Balaban J connectivity index is 2.15. The predicted octanol–water partition coefficient (Wildman–Crippen LogP) is 1.78. The molecule has 24 heavy (non-hydrogen) atoms. The first kappa shape index (κ1) is 18.5. The maximum Gasteiger partial charge on any atom is 0.244 e. The number of hydrogen-bond donors (Lipinski definition) is 0. The molecule has 2 amide bonds. The molecule has 1 aromatic heterocycles. The van der Waals surface area contributed by atoms with Crippen molar-refractivity contribution in [1.29, 1.82) is 0 Å². The molecule has 1 aliphatic heterocycles. The van der Waals surface area contributed by atoms with E-state index in [4.69, 9.17) is 0 Å². The smallest absolute Gasteiger partial charge is 0.244 e. The largest absolute Gasteiger partial charge is 0.347 e. The average Bonchev–Trinajstić information content (AvgIpc) is 3.07. The van der Waals surface area contributed by atoms with E-state index in [1.165, 1.54) is 0 Å². The summed E-state index contributed by atoms with van der Waals surface area (Å²) < 4.78 is 2.00. The molecule has 0 aliphatic carbocycles. The topological polar surface area (TPSA) is 58.4 Å². The Morgan fingerprint density at radius 2 is 1.96 bits per heavy atom. The van der Waals surface area contributed by atoms with Gasteiger partial charge in [0.2, 0.25) is 11.8 Å². The lowest BCUT2D eigenvalue weighted by Gasteiger charge is -2.26. The number of likely N-dealkylation sites (N-methyl/N-ethyl adjacent to an activating group) is 1. The summed E-state index contributed by atoms with van der Waals surface area (Å²) in [5, 5.41) is 4.58. The fraction of sp³-hybridized carbons (Fsp3) is 0.722. The van der Waals surface area contributed by atoms with Crippen LogP contribution in [-0.4, -0.2) is 58.1 Å². The Bertz CT molecular complexity index is 619. The third-order valence-electron chi connectivity index (χ3n) is 4.70. The van der Waals surface area contributed by atoms with Gasteiger partial charge in [0.05, 0.1) is 12.1 Å². The molecule has 0 saturated carbocycles. The zero-order valence-corrected chi connectivity index (χ0v) is 15.8. The van der Waals surface area contributed by atoms with Gasteiger partial charge >= 0.3 is 0 Å². The van der Waals surface area contributed by atoms with Gasteiger partial charge in [0.15, 0.2) is 0 Å². The second-order valence-corrected chi connectivity index (χ2v) is 7.38. The summed E-state index contributed by atoms with van der Waals surface area (Å²) in [5.41, 5.74) is 2.98. The fourth-order valence-corrected chi connectivity index (χ4v) is 3.39. The molecular weight excluding hydrogens is 304 g/mol. The molecule has 0 radical (unpaired) electrons. The molecule has 0 spiro atoms. The lowest BCUT2D eigenvalue weighted by atomic mass is 10.1. The maximum atomic E-state index is 12.8. The van der Waals surface area contributed by atoms with Crippen LogP contribution in [-0.2, 0) is 22.6 Å². The molecule has 6 heteroatoms. The molecule has 2 heterocycles. The molecule has 0 N–H and O–H groups in total. The van der Waals surface area contributed by atoms with E-state index in [2.05, 4.69) is 18.9 Å². The van der Waals surface area contributed by atoms with Crippen LogP contribution in [0, 0.1) is 19.8 Å². The zero-order valence-electron chi connectivity index (χ0n) is 15.8. The van der Waals surface area contributed by atoms with Crippen LogP contribution >= 0.6 is 0 Å². The fourth-order valence-electron chi connectivity index (χ4n) is 3.39. The SMILES string of the molecule is Cc1nn(CC(C)C)c(C)c1CC(=O)N1CCCC1C(=O)N(C)C. The number of amides is 2. The number of carbonyl (C=O) groups is 2. The third kappa shape index (κ3) is 3.79. The van der Waals surface area contributed by atoms with Gasteiger partial charge in [-0.3, -0.25) is 14.3 Å². The average molecular weight is 334 g/mol. The first-order chi connectivity index (χ1) is 11.2. The highest BCUT2D eigenvalue weighted by atomic mass is 16.2.